The van der Waals surface area contributed by atoms with Gasteiger partial charge in [0.25, 0.3) is 0 Å². The summed E-state index contributed by atoms with van der Waals surface area (Å²) in [7, 11) is 0. The predicted octanol–water partition coefficient (Wildman–Crippen LogP) is 1.14. The number of hydrogen-bond acceptors (Lipinski definition) is 3. The minimum Gasteiger partial charge on any atom is -0.329 e. The third-order valence-electron chi connectivity index (χ3n) is 4.03. The molecule has 3 heteroatoms. The molecule has 0 amide bonds. The third-order valence-corrected chi connectivity index (χ3v) is 4.03. The van der Waals surface area contributed by atoms with Gasteiger partial charge in [-0.15, -0.1) is 0 Å². The number of rotatable bonds is 6. The van der Waals surface area contributed by atoms with Crippen LogP contribution in [0, 0.1) is 5.92 Å². The molecule has 0 radical (unpaired) electrons. The van der Waals surface area contributed by atoms with Gasteiger partial charge in [-0.2, -0.15) is 0 Å². The van der Waals surface area contributed by atoms with E-state index in [4.69, 9.17) is 5.73 Å². The van der Waals surface area contributed by atoms with Crippen molar-refractivity contribution in [2.75, 3.05) is 39.3 Å². The Morgan fingerprint density at radius 2 is 1.88 bits per heavy atom. The lowest BCUT2D eigenvalue weighted by Gasteiger charge is -2.39. The van der Waals surface area contributed by atoms with E-state index < -0.39 is 0 Å². The van der Waals surface area contributed by atoms with Crippen molar-refractivity contribution in [1.82, 2.24) is 9.80 Å². The van der Waals surface area contributed by atoms with Crippen molar-refractivity contribution in [2.45, 2.75) is 38.6 Å². The summed E-state index contributed by atoms with van der Waals surface area (Å²) in [5.74, 6) is 1.03. The topological polar surface area (TPSA) is 32.5 Å². The number of nitrogens with two attached hydrogens (primary N) is 1. The zero-order valence-corrected chi connectivity index (χ0v) is 10.7. The zero-order chi connectivity index (χ0) is 11.4. The molecule has 1 saturated heterocycles. The van der Waals surface area contributed by atoms with Gasteiger partial charge < -0.3 is 10.6 Å². The van der Waals surface area contributed by atoms with Gasteiger partial charge in [-0.1, -0.05) is 13.3 Å². The van der Waals surface area contributed by atoms with E-state index in [1.165, 1.54) is 58.4 Å². The molecular weight excluding hydrogens is 198 g/mol. The van der Waals surface area contributed by atoms with E-state index >= 15 is 0 Å². The first kappa shape index (κ1) is 12.3. The highest BCUT2D eigenvalue weighted by Gasteiger charge is 2.27. The summed E-state index contributed by atoms with van der Waals surface area (Å²) >= 11 is 0. The van der Waals surface area contributed by atoms with E-state index in [-0.39, 0.29) is 0 Å². The van der Waals surface area contributed by atoms with Crippen LogP contribution in [0.3, 0.4) is 0 Å². The van der Waals surface area contributed by atoms with Crippen LogP contribution >= 0.6 is 0 Å². The Hall–Kier alpha value is -0.120. The Kier molecular flexibility index (Phi) is 4.62. The Labute approximate surface area is 100.0 Å². The summed E-state index contributed by atoms with van der Waals surface area (Å²) in [6.45, 7) is 9.42. The molecule has 1 atom stereocenters. The molecule has 0 spiro atoms. The average molecular weight is 225 g/mol. The third kappa shape index (κ3) is 3.44. The molecule has 0 bridgehead atoms. The van der Waals surface area contributed by atoms with Gasteiger partial charge in [-0.3, -0.25) is 4.90 Å². The number of piperazine rings is 1. The van der Waals surface area contributed by atoms with Crippen LogP contribution in [0.1, 0.15) is 32.6 Å². The largest absolute Gasteiger partial charge is 0.329 e. The van der Waals surface area contributed by atoms with Crippen molar-refractivity contribution < 1.29 is 0 Å². The van der Waals surface area contributed by atoms with Crippen LogP contribution in [0.4, 0.5) is 0 Å². The maximum Gasteiger partial charge on any atom is 0.0219 e. The Morgan fingerprint density at radius 3 is 2.38 bits per heavy atom. The van der Waals surface area contributed by atoms with Crippen LogP contribution in [-0.2, 0) is 0 Å². The molecule has 2 fully saturated rings. The van der Waals surface area contributed by atoms with E-state index in [2.05, 4.69) is 16.7 Å². The van der Waals surface area contributed by atoms with Crippen LogP contribution in [0.25, 0.3) is 0 Å². The lowest BCUT2D eigenvalue weighted by Crippen LogP contribution is -2.52. The molecule has 94 valence electrons. The molecule has 1 heterocycles. The van der Waals surface area contributed by atoms with Crippen LogP contribution < -0.4 is 5.73 Å². The summed E-state index contributed by atoms with van der Waals surface area (Å²) in [4.78, 5) is 5.25. The fourth-order valence-electron chi connectivity index (χ4n) is 2.76. The van der Waals surface area contributed by atoms with Gasteiger partial charge >= 0.3 is 0 Å². The first-order valence-corrected chi connectivity index (χ1v) is 7.00. The van der Waals surface area contributed by atoms with Crippen molar-refractivity contribution in [2.24, 2.45) is 11.7 Å². The van der Waals surface area contributed by atoms with Gasteiger partial charge in [0.2, 0.25) is 0 Å². The molecule has 1 unspecified atom stereocenters. The maximum absolute atomic E-state index is 5.86. The maximum atomic E-state index is 5.86. The van der Waals surface area contributed by atoms with E-state index in [1.54, 1.807) is 0 Å². The molecule has 1 aliphatic heterocycles. The second kappa shape index (κ2) is 5.99. The molecule has 1 saturated carbocycles. The highest BCUT2D eigenvalue weighted by atomic mass is 15.3. The Morgan fingerprint density at radius 1 is 1.19 bits per heavy atom. The molecule has 16 heavy (non-hydrogen) atoms. The Balaban J connectivity index is 1.70. The van der Waals surface area contributed by atoms with E-state index in [9.17, 15) is 0 Å². The van der Waals surface area contributed by atoms with Crippen LogP contribution in [0.15, 0.2) is 0 Å². The van der Waals surface area contributed by atoms with E-state index in [0.29, 0.717) is 6.04 Å². The van der Waals surface area contributed by atoms with Crippen molar-refractivity contribution in [1.29, 1.82) is 0 Å². The monoisotopic (exact) mass is 225 g/mol. The van der Waals surface area contributed by atoms with Gasteiger partial charge in [-0.05, 0) is 25.2 Å². The minimum absolute atomic E-state index is 0.632. The second-order valence-corrected chi connectivity index (χ2v) is 5.46. The van der Waals surface area contributed by atoms with Crippen molar-refractivity contribution in [3.63, 3.8) is 0 Å². The number of hydrogen-bond donors (Lipinski definition) is 1. The van der Waals surface area contributed by atoms with Gasteiger partial charge in [0.1, 0.15) is 0 Å². The molecule has 1 aliphatic carbocycles. The summed E-state index contributed by atoms with van der Waals surface area (Å²) in [5, 5.41) is 0. The van der Waals surface area contributed by atoms with Crippen molar-refractivity contribution in [3.05, 3.63) is 0 Å². The van der Waals surface area contributed by atoms with Crippen LogP contribution in [0.5, 0.6) is 0 Å². The second-order valence-electron chi connectivity index (χ2n) is 5.46. The van der Waals surface area contributed by atoms with Gasteiger partial charge in [0.15, 0.2) is 0 Å². The molecule has 3 nitrogen and oxygen atoms in total. The highest BCUT2D eigenvalue weighted by Crippen LogP contribution is 2.30. The molecule has 2 aliphatic rings. The normalized spacial score (nSPS) is 25.9. The highest BCUT2D eigenvalue weighted by molar-refractivity contribution is 4.83. The lowest BCUT2D eigenvalue weighted by atomic mass is 10.1. The van der Waals surface area contributed by atoms with Crippen LogP contribution in [-0.4, -0.2) is 55.1 Å². The average Bonchev–Trinajstić information content (AvgIpc) is 3.11. The number of nitrogens with zero attached hydrogens (tertiary/aromatic N) is 2. The zero-order valence-electron chi connectivity index (χ0n) is 10.7. The molecule has 0 aromatic rings. The molecule has 2 rings (SSSR count). The van der Waals surface area contributed by atoms with Crippen molar-refractivity contribution >= 4 is 0 Å². The quantitative estimate of drug-likeness (QED) is 0.736. The standard InChI is InChI=1S/C13H27N3/c1-2-3-13(10-14)16-8-6-15(7-9-16)11-12-4-5-12/h12-13H,2-11,14H2,1H3. The van der Waals surface area contributed by atoms with E-state index in [0.717, 1.165) is 12.5 Å². The smallest absolute Gasteiger partial charge is 0.0219 e. The molecule has 0 aromatic heterocycles. The lowest BCUT2D eigenvalue weighted by molar-refractivity contribution is 0.0919. The fraction of sp³-hybridized carbons (Fsp3) is 1.00. The van der Waals surface area contributed by atoms with Gasteiger partial charge in [0, 0.05) is 45.3 Å². The predicted molar refractivity (Wildman–Crippen MR) is 68.5 cm³/mol. The summed E-state index contributed by atoms with van der Waals surface area (Å²) < 4.78 is 0. The van der Waals surface area contributed by atoms with Crippen LogP contribution in [0.2, 0.25) is 0 Å². The molecular formula is C13H27N3. The Bertz CT molecular complexity index is 195. The van der Waals surface area contributed by atoms with Crippen molar-refractivity contribution in [3.8, 4) is 0 Å². The fourth-order valence-corrected chi connectivity index (χ4v) is 2.76. The first-order valence-electron chi connectivity index (χ1n) is 7.00. The minimum atomic E-state index is 0.632. The first-order chi connectivity index (χ1) is 7.83. The molecule has 2 N–H and O–H groups in total. The molecule has 0 aromatic carbocycles. The van der Waals surface area contributed by atoms with E-state index in [1.807, 2.05) is 0 Å². The van der Waals surface area contributed by atoms with Gasteiger partial charge in [-0.25, -0.2) is 0 Å². The summed E-state index contributed by atoms with van der Waals surface area (Å²) in [5.41, 5.74) is 5.86. The van der Waals surface area contributed by atoms with Gasteiger partial charge in [0.05, 0.1) is 0 Å². The SMILES string of the molecule is CCCC(CN)N1CCN(CC2CC2)CC1. The summed E-state index contributed by atoms with van der Waals surface area (Å²) in [6.07, 6.45) is 5.46. The summed E-state index contributed by atoms with van der Waals surface area (Å²) in [6, 6.07) is 0.632.